The van der Waals surface area contributed by atoms with Gasteiger partial charge in [-0.2, -0.15) is 0 Å². The molecule has 0 aliphatic heterocycles. The molecule has 2 nitrogen and oxygen atoms in total. The quantitative estimate of drug-likeness (QED) is 0.164. The number of nitrogens with zero attached hydrogens (tertiary/aromatic N) is 2. The monoisotopic (exact) mass is 788 g/mol. The zero-order valence-electron chi connectivity index (χ0n) is 34.0. The van der Waals surface area contributed by atoms with Gasteiger partial charge in [0.1, 0.15) is 0 Å². The summed E-state index contributed by atoms with van der Waals surface area (Å²) in [6.07, 6.45) is 9.15. The largest absolute Gasteiger partial charge is 0.309 e. The predicted molar refractivity (Wildman–Crippen MR) is 261 cm³/mol. The van der Waals surface area contributed by atoms with E-state index >= 15 is 0 Å². The van der Waals surface area contributed by atoms with Gasteiger partial charge in [-0.3, -0.25) is 0 Å². The van der Waals surface area contributed by atoms with E-state index in [9.17, 15) is 0 Å². The molecule has 9 aromatic carbocycles. The fraction of sp³-hybridized carbons (Fsp3) is 0.0333. The van der Waals surface area contributed by atoms with Gasteiger partial charge in [0.15, 0.2) is 0 Å². The Balaban J connectivity index is 0.887. The van der Waals surface area contributed by atoms with Gasteiger partial charge in [-0.1, -0.05) is 170 Å². The topological polar surface area (TPSA) is 9.86 Å². The van der Waals surface area contributed by atoms with Crippen LogP contribution in [0.2, 0.25) is 0 Å². The molecule has 2 heterocycles. The lowest BCUT2D eigenvalue weighted by Gasteiger charge is -2.34. The van der Waals surface area contributed by atoms with Crippen LogP contribution in [0, 0.1) is 0 Å². The molecular formula is C60H40N2. The molecule has 290 valence electrons. The van der Waals surface area contributed by atoms with Crippen LogP contribution in [-0.4, -0.2) is 9.13 Å². The molecule has 62 heavy (non-hydrogen) atoms. The molecule has 0 N–H and O–H groups in total. The van der Waals surface area contributed by atoms with Gasteiger partial charge < -0.3 is 9.13 Å². The van der Waals surface area contributed by atoms with Crippen molar-refractivity contribution in [3.63, 3.8) is 0 Å². The van der Waals surface area contributed by atoms with Crippen molar-refractivity contribution in [1.29, 1.82) is 0 Å². The lowest BCUT2D eigenvalue weighted by Crippen LogP contribution is -2.16. The van der Waals surface area contributed by atoms with E-state index in [0.717, 1.165) is 5.69 Å². The molecule has 0 saturated heterocycles. The van der Waals surface area contributed by atoms with Crippen LogP contribution in [0.4, 0.5) is 0 Å². The summed E-state index contributed by atoms with van der Waals surface area (Å²) in [5, 5.41) is 5.02. The van der Waals surface area contributed by atoms with Crippen molar-refractivity contribution in [2.45, 2.75) is 11.8 Å². The Bertz CT molecular complexity index is 3620. The lowest BCUT2D eigenvalue weighted by atomic mass is 9.70. The number of hydrogen-bond donors (Lipinski definition) is 0. The summed E-state index contributed by atoms with van der Waals surface area (Å²) in [5.74, 6) is 0.722. The molecule has 11 aromatic rings. The van der Waals surface area contributed by atoms with Gasteiger partial charge in [-0.05, 0) is 116 Å². The number of allylic oxidation sites excluding steroid dienone is 4. The molecule has 0 fully saturated rings. The normalized spacial score (nSPS) is 15.3. The van der Waals surface area contributed by atoms with Gasteiger partial charge >= 0.3 is 0 Å². The number of rotatable bonds is 5. The highest BCUT2D eigenvalue weighted by atomic mass is 15.0. The zero-order chi connectivity index (χ0) is 40.7. The minimum atomic E-state index is 0.348. The van der Waals surface area contributed by atoms with Gasteiger partial charge in [-0.15, -0.1) is 0 Å². The summed E-state index contributed by atoms with van der Waals surface area (Å²) in [7, 11) is 0. The zero-order valence-corrected chi connectivity index (χ0v) is 34.0. The van der Waals surface area contributed by atoms with E-state index in [1.807, 2.05) is 0 Å². The standard InChI is InChI=1S/C60H40N2/c1-2-12-39(13-3-1)40-22-24-41(25-23-40)42-26-30-45(31-27-42)61-57-20-10-8-18-52(57)55-36-43(28-34-59(55)61)44-29-35-60-56(37-44)53-19-9-11-21-58(53)62(60)46-32-33-51-49-16-5-4-14-47(49)48-15-6-7-17-50(48)54(51)38-46/h1-38,47,49H. The predicted octanol–water partition coefficient (Wildman–Crippen LogP) is 15.9. The first-order valence-electron chi connectivity index (χ1n) is 21.7. The van der Waals surface area contributed by atoms with Crippen molar-refractivity contribution in [2.24, 2.45) is 0 Å². The molecule has 0 radical (unpaired) electrons. The van der Waals surface area contributed by atoms with E-state index in [1.165, 1.54) is 105 Å². The second kappa shape index (κ2) is 13.8. The lowest BCUT2D eigenvalue weighted by molar-refractivity contribution is 0.720. The molecule has 2 aliphatic carbocycles. The summed E-state index contributed by atoms with van der Waals surface area (Å²) < 4.78 is 4.87. The third-order valence-corrected chi connectivity index (χ3v) is 13.5. The Hall–Kier alpha value is -7.94. The molecule has 2 unspecified atom stereocenters. The van der Waals surface area contributed by atoms with E-state index in [-0.39, 0.29) is 0 Å². The second-order valence-corrected chi connectivity index (χ2v) is 16.8. The Labute approximate surface area is 360 Å². The number of hydrogen-bond acceptors (Lipinski definition) is 0. The Morgan fingerprint density at radius 3 is 1.32 bits per heavy atom. The molecule has 13 rings (SSSR count). The number of para-hydroxylation sites is 2. The van der Waals surface area contributed by atoms with Gasteiger partial charge in [0.2, 0.25) is 0 Å². The van der Waals surface area contributed by atoms with Crippen molar-refractivity contribution in [2.75, 3.05) is 0 Å². The molecule has 2 aliphatic rings. The molecule has 2 atom stereocenters. The Kier molecular flexibility index (Phi) is 7.77. The van der Waals surface area contributed by atoms with Crippen LogP contribution in [0.1, 0.15) is 23.0 Å². The summed E-state index contributed by atoms with van der Waals surface area (Å²) in [5.41, 5.74) is 20.0. The van der Waals surface area contributed by atoms with E-state index in [4.69, 9.17) is 0 Å². The summed E-state index contributed by atoms with van der Waals surface area (Å²) in [4.78, 5) is 0. The summed E-state index contributed by atoms with van der Waals surface area (Å²) in [6, 6.07) is 76.3. The van der Waals surface area contributed by atoms with Crippen LogP contribution in [-0.2, 0) is 0 Å². The fourth-order valence-corrected chi connectivity index (χ4v) is 10.6. The molecule has 0 spiro atoms. The average molecular weight is 789 g/mol. The Morgan fingerprint density at radius 2 is 0.710 bits per heavy atom. The van der Waals surface area contributed by atoms with Crippen LogP contribution < -0.4 is 0 Å². The highest BCUT2D eigenvalue weighted by molar-refractivity contribution is 6.12. The maximum Gasteiger partial charge on any atom is 0.0541 e. The smallest absolute Gasteiger partial charge is 0.0541 e. The van der Waals surface area contributed by atoms with Crippen molar-refractivity contribution in [3.05, 3.63) is 242 Å². The highest BCUT2D eigenvalue weighted by Crippen LogP contribution is 2.50. The molecule has 2 heteroatoms. The van der Waals surface area contributed by atoms with Crippen molar-refractivity contribution >= 4 is 43.6 Å². The first kappa shape index (κ1) is 34.9. The molecule has 0 bridgehead atoms. The first-order valence-corrected chi connectivity index (χ1v) is 21.7. The minimum Gasteiger partial charge on any atom is -0.309 e. The summed E-state index contributed by atoms with van der Waals surface area (Å²) >= 11 is 0. The van der Waals surface area contributed by atoms with Crippen molar-refractivity contribution in [3.8, 4) is 55.9 Å². The van der Waals surface area contributed by atoms with Crippen LogP contribution in [0.25, 0.3) is 99.5 Å². The highest BCUT2D eigenvalue weighted by Gasteiger charge is 2.32. The van der Waals surface area contributed by atoms with E-state index in [1.54, 1.807) is 0 Å². The van der Waals surface area contributed by atoms with E-state index in [0.29, 0.717) is 11.8 Å². The first-order chi connectivity index (χ1) is 30.7. The third-order valence-electron chi connectivity index (χ3n) is 13.5. The third kappa shape index (κ3) is 5.36. The van der Waals surface area contributed by atoms with E-state index in [2.05, 4.69) is 240 Å². The molecule has 2 aromatic heterocycles. The second-order valence-electron chi connectivity index (χ2n) is 16.8. The SMILES string of the molecule is C1=CC2c3ccccc3-c3cc(-n4c5ccccc5c5cc(-c6ccc7c(c6)c6ccccc6n7-c6ccc(-c7ccc(-c8ccccc8)cc7)cc6)ccc54)ccc3C2C=C1. The maximum absolute atomic E-state index is 2.46. The number of aromatic nitrogens is 2. The summed E-state index contributed by atoms with van der Waals surface area (Å²) in [6.45, 7) is 0. The van der Waals surface area contributed by atoms with Gasteiger partial charge in [0, 0.05) is 44.8 Å². The molecule has 0 saturated carbocycles. The average Bonchev–Trinajstić information content (AvgIpc) is 3.86. The van der Waals surface area contributed by atoms with Gasteiger partial charge in [0.25, 0.3) is 0 Å². The van der Waals surface area contributed by atoms with Crippen LogP contribution >= 0.6 is 0 Å². The van der Waals surface area contributed by atoms with Gasteiger partial charge in [0.05, 0.1) is 22.1 Å². The van der Waals surface area contributed by atoms with Crippen molar-refractivity contribution in [1.82, 2.24) is 9.13 Å². The Morgan fingerprint density at radius 1 is 0.274 bits per heavy atom. The molecule has 0 amide bonds. The molecular weight excluding hydrogens is 749 g/mol. The van der Waals surface area contributed by atoms with Crippen LogP contribution in [0.5, 0.6) is 0 Å². The number of fused-ring (bicyclic) bond motifs is 12. The van der Waals surface area contributed by atoms with Crippen LogP contribution in [0.15, 0.2) is 231 Å². The fourth-order valence-electron chi connectivity index (χ4n) is 10.6. The van der Waals surface area contributed by atoms with Crippen molar-refractivity contribution < 1.29 is 0 Å². The minimum absolute atomic E-state index is 0.348. The van der Waals surface area contributed by atoms with Gasteiger partial charge in [-0.25, -0.2) is 0 Å². The van der Waals surface area contributed by atoms with E-state index < -0.39 is 0 Å². The van der Waals surface area contributed by atoms with Crippen LogP contribution in [0.3, 0.4) is 0 Å². The number of benzene rings is 9. The maximum atomic E-state index is 2.46.